The average Bonchev–Trinajstić information content (AvgIpc) is 2.72. The third kappa shape index (κ3) is 5.64. The van der Waals surface area contributed by atoms with Gasteiger partial charge in [0.1, 0.15) is 17.3 Å². The first-order chi connectivity index (χ1) is 15.7. The number of rotatable bonds is 7. The number of hydrogen-bond donors (Lipinski definition) is 0. The molecule has 3 aromatic rings. The molecule has 2 unspecified atom stereocenters. The van der Waals surface area contributed by atoms with E-state index in [0.29, 0.717) is 30.6 Å². The van der Waals surface area contributed by atoms with Crippen molar-refractivity contribution >= 4 is 0 Å². The third-order valence-electron chi connectivity index (χ3n) is 6.28. The van der Waals surface area contributed by atoms with E-state index in [1.165, 1.54) is 24.6 Å². The molecular weight excluding hydrogens is 421 g/mol. The molecule has 1 aliphatic heterocycles. The fourth-order valence-corrected chi connectivity index (χ4v) is 4.90. The van der Waals surface area contributed by atoms with Gasteiger partial charge in [-0.15, -0.1) is 0 Å². The van der Waals surface area contributed by atoms with E-state index in [1.807, 2.05) is 25.1 Å². The maximum absolute atomic E-state index is 15.3. The first-order valence-corrected chi connectivity index (χ1v) is 11.2. The molecule has 33 heavy (non-hydrogen) atoms. The van der Waals surface area contributed by atoms with Crippen molar-refractivity contribution in [3.8, 4) is 6.07 Å². The first kappa shape index (κ1) is 23.1. The Kier molecular flexibility index (Phi) is 6.58. The molecule has 170 valence electrons. The monoisotopic (exact) mass is 448 g/mol. The molecule has 0 aliphatic carbocycles. The number of aryl methyl sites for hydroxylation is 1. The van der Waals surface area contributed by atoms with Crippen molar-refractivity contribution in [3.63, 3.8) is 0 Å². The van der Waals surface area contributed by atoms with Crippen molar-refractivity contribution in [2.24, 2.45) is 5.92 Å². The number of hydrogen-bond acceptors (Lipinski definition) is 2. The van der Waals surface area contributed by atoms with Gasteiger partial charge in [0, 0.05) is 25.6 Å². The topological polar surface area (TPSA) is 27.0 Å². The van der Waals surface area contributed by atoms with Gasteiger partial charge in [0.15, 0.2) is 0 Å². The second-order valence-electron chi connectivity index (χ2n) is 9.44. The van der Waals surface area contributed by atoms with E-state index in [1.54, 1.807) is 6.07 Å². The van der Waals surface area contributed by atoms with Crippen molar-refractivity contribution in [3.05, 3.63) is 106 Å². The molecule has 0 spiro atoms. The van der Waals surface area contributed by atoms with Crippen LogP contribution >= 0.6 is 0 Å². The maximum atomic E-state index is 15.3. The minimum Gasteiger partial charge on any atom is -0.292 e. The summed E-state index contributed by atoms with van der Waals surface area (Å²) in [5, 5.41) is 9.33. The molecule has 2 nitrogen and oxygen atoms in total. The molecule has 0 aromatic heterocycles. The fourth-order valence-electron chi connectivity index (χ4n) is 4.90. The first-order valence-electron chi connectivity index (χ1n) is 11.2. The number of nitrogens with zero attached hydrogens (tertiary/aromatic N) is 2. The van der Waals surface area contributed by atoms with Gasteiger partial charge in [-0.3, -0.25) is 4.90 Å². The molecule has 0 radical (unpaired) electrons. The quantitative estimate of drug-likeness (QED) is 0.411. The van der Waals surface area contributed by atoms with Gasteiger partial charge >= 0.3 is 0 Å². The van der Waals surface area contributed by atoms with Gasteiger partial charge in [-0.2, -0.15) is 5.26 Å². The zero-order valence-electron chi connectivity index (χ0n) is 18.9. The van der Waals surface area contributed by atoms with E-state index in [9.17, 15) is 14.0 Å². The summed E-state index contributed by atoms with van der Waals surface area (Å²) in [6.45, 7) is 4.98. The van der Waals surface area contributed by atoms with Gasteiger partial charge in [-0.1, -0.05) is 42.0 Å². The van der Waals surface area contributed by atoms with Crippen LogP contribution in [0.3, 0.4) is 0 Å². The summed E-state index contributed by atoms with van der Waals surface area (Å²) in [6.07, 6.45) is 0.296. The minimum atomic E-state index is -1.56. The number of benzene rings is 3. The van der Waals surface area contributed by atoms with Crippen molar-refractivity contribution < 1.29 is 13.2 Å². The molecule has 0 saturated carbocycles. The Bertz CT molecular complexity index is 1140. The summed E-state index contributed by atoms with van der Waals surface area (Å²) in [6, 6.07) is 21.4. The summed E-state index contributed by atoms with van der Waals surface area (Å²) >= 11 is 0. The summed E-state index contributed by atoms with van der Waals surface area (Å²) in [7, 11) is 0. The molecule has 0 bridgehead atoms. The molecule has 1 saturated heterocycles. The largest absolute Gasteiger partial charge is 0.292 e. The molecule has 0 N–H and O–H groups in total. The summed E-state index contributed by atoms with van der Waals surface area (Å²) < 4.78 is 42.3. The van der Waals surface area contributed by atoms with Crippen molar-refractivity contribution in [1.29, 1.82) is 5.26 Å². The van der Waals surface area contributed by atoms with Crippen LogP contribution in [0.5, 0.6) is 0 Å². The van der Waals surface area contributed by atoms with E-state index >= 15 is 4.39 Å². The van der Waals surface area contributed by atoms with Crippen LogP contribution < -0.4 is 0 Å². The average molecular weight is 449 g/mol. The molecule has 5 heteroatoms. The van der Waals surface area contributed by atoms with Crippen LogP contribution in [-0.4, -0.2) is 23.7 Å². The maximum Gasteiger partial charge on any atom is 0.126 e. The van der Waals surface area contributed by atoms with Gasteiger partial charge in [-0.05, 0) is 67.1 Å². The Morgan fingerprint density at radius 2 is 1.67 bits per heavy atom. The molecule has 1 aliphatic rings. The lowest BCUT2D eigenvalue weighted by Gasteiger charge is -2.46. The van der Waals surface area contributed by atoms with Crippen LogP contribution in [-0.2, 0) is 6.42 Å². The smallest absolute Gasteiger partial charge is 0.126 e. The lowest BCUT2D eigenvalue weighted by atomic mass is 9.82. The Balaban J connectivity index is 1.47. The van der Waals surface area contributed by atoms with Crippen LogP contribution in [0.25, 0.3) is 0 Å². The van der Waals surface area contributed by atoms with Gasteiger partial charge in [-0.25, -0.2) is 13.2 Å². The van der Waals surface area contributed by atoms with Crippen LogP contribution in [0.2, 0.25) is 0 Å². The highest BCUT2D eigenvalue weighted by atomic mass is 19.1. The molecule has 1 fully saturated rings. The van der Waals surface area contributed by atoms with Crippen molar-refractivity contribution in [2.75, 3.05) is 13.1 Å². The zero-order valence-corrected chi connectivity index (χ0v) is 18.9. The second-order valence-corrected chi connectivity index (χ2v) is 9.44. The standard InChI is InChI=1S/C28H27F3N2/c1-19-6-8-23(9-7-19)27(24-5-3-4-20(10-24)16-32)33-17-22(18-33)15-28(2,31)14-21-11-25(29)13-26(30)12-21/h3-13,22,27H,14-15,17-18H2,1-2H3. The Morgan fingerprint density at radius 3 is 2.30 bits per heavy atom. The summed E-state index contributed by atoms with van der Waals surface area (Å²) in [4.78, 5) is 2.30. The highest BCUT2D eigenvalue weighted by Crippen LogP contribution is 2.38. The van der Waals surface area contributed by atoms with E-state index in [4.69, 9.17) is 0 Å². The predicted octanol–water partition coefficient (Wildman–Crippen LogP) is 6.53. The Morgan fingerprint density at radius 1 is 1.00 bits per heavy atom. The molecule has 1 heterocycles. The highest BCUT2D eigenvalue weighted by Gasteiger charge is 2.38. The van der Waals surface area contributed by atoms with Crippen LogP contribution in [0.1, 0.15) is 47.2 Å². The summed E-state index contributed by atoms with van der Waals surface area (Å²) in [5.74, 6) is -1.22. The Labute approximate surface area is 193 Å². The molecule has 2 atom stereocenters. The third-order valence-corrected chi connectivity index (χ3v) is 6.28. The van der Waals surface area contributed by atoms with Crippen LogP contribution in [0.15, 0.2) is 66.7 Å². The highest BCUT2D eigenvalue weighted by molar-refractivity contribution is 5.39. The normalized spacial score (nSPS) is 17.1. The number of alkyl halides is 1. The second kappa shape index (κ2) is 9.41. The SMILES string of the molecule is Cc1ccc(C(c2cccc(C#N)c2)N2CC(CC(C)(F)Cc3cc(F)cc(F)c3)C2)cc1. The van der Waals surface area contributed by atoms with Gasteiger partial charge < -0.3 is 0 Å². The molecule has 3 aromatic carbocycles. The fraction of sp³-hybridized carbons (Fsp3) is 0.321. The van der Waals surface area contributed by atoms with E-state index in [0.717, 1.165) is 17.2 Å². The minimum absolute atomic E-state index is 0.0154. The van der Waals surface area contributed by atoms with Crippen LogP contribution in [0, 0.1) is 35.8 Å². The lowest BCUT2D eigenvalue weighted by Crippen LogP contribution is -2.50. The van der Waals surface area contributed by atoms with Gasteiger partial charge in [0.05, 0.1) is 17.7 Å². The molecular formula is C28H27F3N2. The number of halogens is 3. The number of likely N-dealkylation sites (tertiary alicyclic amines) is 1. The van der Waals surface area contributed by atoms with Crippen molar-refractivity contribution in [1.82, 2.24) is 4.90 Å². The van der Waals surface area contributed by atoms with Gasteiger partial charge in [0.2, 0.25) is 0 Å². The number of nitriles is 1. The Hall–Kier alpha value is -3.10. The van der Waals surface area contributed by atoms with E-state index < -0.39 is 17.3 Å². The van der Waals surface area contributed by atoms with E-state index in [-0.39, 0.29) is 18.4 Å². The van der Waals surface area contributed by atoms with Gasteiger partial charge in [0.25, 0.3) is 0 Å². The zero-order chi connectivity index (χ0) is 23.6. The van der Waals surface area contributed by atoms with Crippen LogP contribution in [0.4, 0.5) is 13.2 Å². The van der Waals surface area contributed by atoms with E-state index in [2.05, 4.69) is 35.2 Å². The predicted molar refractivity (Wildman–Crippen MR) is 123 cm³/mol. The molecule has 4 rings (SSSR count). The lowest BCUT2D eigenvalue weighted by molar-refractivity contribution is 0.0237. The molecule has 0 amide bonds. The summed E-state index contributed by atoms with van der Waals surface area (Å²) in [5.41, 5.74) is 2.73. The van der Waals surface area contributed by atoms with Crippen molar-refractivity contribution in [2.45, 2.75) is 38.4 Å².